The summed E-state index contributed by atoms with van der Waals surface area (Å²) in [6.45, 7) is 0.498. The average molecular weight is 384 g/mol. The van der Waals surface area contributed by atoms with Gasteiger partial charge in [0.05, 0.1) is 18.1 Å². The predicted octanol–water partition coefficient (Wildman–Crippen LogP) is 3.82. The van der Waals surface area contributed by atoms with Gasteiger partial charge in [-0.2, -0.15) is 0 Å². The standard InChI is InChI=1S/C14H13IN2O3/c1-20-12-7-10(6-11(8-12)17(18)19)9-16-14-5-3-2-4-13(14)15/h2-8,16H,9H2,1H3. The first kappa shape index (κ1) is 14.6. The van der Waals surface area contributed by atoms with E-state index in [4.69, 9.17) is 4.74 Å². The number of anilines is 1. The molecule has 0 saturated heterocycles. The lowest BCUT2D eigenvalue weighted by molar-refractivity contribution is -0.385. The Kier molecular flexibility index (Phi) is 4.78. The van der Waals surface area contributed by atoms with Crippen LogP contribution in [0.15, 0.2) is 42.5 Å². The lowest BCUT2D eigenvalue weighted by atomic mass is 10.2. The molecule has 20 heavy (non-hydrogen) atoms. The number of nitro benzene ring substituents is 1. The van der Waals surface area contributed by atoms with Crippen LogP contribution in [-0.4, -0.2) is 12.0 Å². The molecule has 2 aromatic rings. The van der Waals surface area contributed by atoms with Crippen molar-refractivity contribution in [1.82, 2.24) is 0 Å². The zero-order chi connectivity index (χ0) is 14.5. The van der Waals surface area contributed by atoms with E-state index in [1.54, 1.807) is 12.1 Å². The summed E-state index contributed by atoms with van der Waals surface area (Å²) in [5.41, 5.74) is 1.83. The number of para-hydroxylation sites is 1. The molecule has 0 aromatic heterocycles. The number of benzene rings is 2. The molecule has 0 aliphatic carbocycles. The third kappa shape index (κ3) is 3.60. The highest BCUT2D eigenvalue weighted by atomic mass is 127. The number of methoxy groups -OCH3 is 1. The van der Waals surface area contributed by atoms with E-state index in [2.05, 4.69) is 27.9 Å². The van der Waals surface area contributed by atoms with Gasteiger partial charge in [0.15, 0.2) is 0 Å². The van der Waals surface area contributed by atoms with Crippen molar-refractivity contribution in [3.63, 3.8) is 0 Å². The smallest absolute Gasteiger partial charge is 0.273 e. The SMILES string of the molecule is COc1cc(CNc2ccccc2I)cc([N+](=O)[O-])c1. The van der Waals surface area contributed by atoms with Crippen molar-refractivity contribution in [2.75, 3.05) is 12.4 Å². The molecule has 0 unspecified atom stereocenters. The van der Waals surface area contributed by atoms with Gasteiger partial charge in [0.1, 0.15) is 5.75 Å². The molecule has 0 aliphatic heterocycles. The fourth-order valence-electron chi connectivity index (χ4n) is 1.77. The molecule has 0 bridgehead atoms. The first-order valence-electron chi connectivity index (χ1n) is 5.91. The van der Waals surface area contributed by atoms with Crippen LogP contribution in [0.4, 0.5) is 11.4 Å². The molecule has 0 radical (unpaired) electrons. The number of halogens is 1. The fraction of sp³-hybridized carbons (Fsp3) is 0.143. The summed E-state index contributed by atoms with van der Waals surface area (Å²) in [7, 11) is 1.50. The summed E-state index contributed by atoms with van der Waals surface area (Å²) < 4.78 is 6.19. The van der Waals surface area contributed by atoms with Crippen molar-refractivity contribution in [3.05, 3.63) is 61.7 Å². The van der Waals surface area contributed by atoms with Crippen molar-refractivity contribution in [1.29, 1.82) is 0 Å². The molecular formula is C14H13IN2O3. The molecule has 2 rings (SSSR count). The molecule has 6 heteroatoms. The molecule has 0 amide bonds. The molecular weight excluding hydrogens is 371 g/mol. The van der Waals surface area contributed by atoms with E-state index < -0.39 is 4.92 Å². The zero-order valence-electron chi connectivity index (χ0n) is 10.8. The zero-order valence-corrected chi connectivity index (χ0v) is 13.0. The molecule has 0 atom stereocenters. The van der Waals surface area contributed by atoms with Crippen LogP contribution in [0, 0.1) is 13.7 Å². The number of hydrogen-bond donors (Lipinski definition) is 1. The van der Waals surface area contributed by atoms with E-state index in [0.29, 0.717) is 12.3 Å². The topological polar surface area (TPSA) is 64.4 Å². The molecule has 5 nitrogen and oxygen atoms in total. The first-order valence-corrected chi connectivity index (χ1v) is 6.99. The first-order chi connectivity index (χ1) is 9.60. The number of nitrogens with zero attached hydrogens (tertiary/aromatic N) is 1. The molecule has 0 aliphatic rings. The Morgan fingerprint density at radius 3 is 2.70 bits per heavy atom. The van der Waals surface area contributed by atoms with Gasteiger partial charge in [-0.3, -0.25) is 10.1 Å². The lowest BCUT2D eigenvalue weighted by Gasteiger charge is -2.09. The van der Waals surface area contributed by atoms with Crippen LogP contribution >= 0.6 is 22.6 Å². The van der Waals surface area contributed by atoms with Crippen molar-refractivity contribution >= 4 is 34.0 Å². The largest absolute Gasteiger partial charge is 0.496 e. The molecule has 0 fully saturated rings. The average Bonchev–Trinajstić information content (AvgIpc) is 2.46. The van der Waals surface area contributed by atoms with Crippen LogP contribution in [-0.2, 0) is 6.54 Å². The Hall–Kier alpha value is -1.83. The number of rotatable bonds is 5. The van der Waals surface area contributed by atoms with Gasteiger partial charge in [-0.15, -0.1) is 0 Å². The Labute approximate surface area is 130 Å². The predicted molar refractivity (Wildman–Crippen MR) is 86.1 cm³/mol. The van der Waals surface area contributed by atoms with Gasteiger partial charge >= 0.3 is 0 Å². The van der Waals surface area contributed by atoms with Crippen LogP contribution in [0.2, 0.25) is 0 Å². The van der Waals surface area contributed by atoms with Crippen molar-refractivity contribution in [3.8, 4) is 5.75 Å². The molecule has 104 valence electrons. The lowest BCUT2D eigenvalue weighted by Crippen LogP contribution is -2.02. The number of hydrogen-bond acceptors (Lipinski definition) is 4. The second-order valence-corrected chi connectivity index (χ2v) is 5.29. The van der Waals surface area contributed by atoms with Crippen LogP contribution in [0.1, 0.15) is 5.56 Å². The third-order valence-electron chi connectivity index (χ3n) is 2.75. The highest BCUT2D eigenvalue weighted by molar-refractivity contribution is 14.1. The minimum absolute atomic E-state index is 0.0314. The minimum atomic E-state index is -0.418. The fourth-order valence-corrected chi connectivity index (χ4v) is 2.35. The summed E-state index contributed by atoms with van der Waals surface area (Å²) >= 11 is 2.24. The highest BCUT2D eigenvalue weighted by Gasteiger charge is 2.10. The van der Waals surface area contributed by atoms with Gasteiger partial charge in [0.25, 0.3) is 5.69 Å². The van der Waals surface area contributed by atoms with Crippen LogP contribution < -0.4 is 10.1 Å². The molecule has 2 aromatic carbocycles. The van der Waals surface area contributed by atoms with E-state index in [9.17, 15) is 10.1 Å². The molecule has 0 spiro atoms. The highest BCUT2D eigenvalue weighted by Crippen LogP contribution is 2.24. The third-order valence-corrected chi connectivity index (χ3v) is 3.70. The maximum Gasteiger partial charge on any atom is 0.273 e. The maximum absolute atomic E-state index is 10.9. The minimum Gasteiger partial charge on any atom is -0.496 e. The quantitative estimate of drug-likeness (QED) is 0.484. The van der Waals surface area contributed by atoms with E-state index in [1.807, 2.05) is 24.3 Å². The maximum atomic E-state index is 10.9. The van der Waals surface area contributed by atoms with Gasteiger partial charge in [0, 0.05) is 21.9 Å². The Balaban J connectivity index is 2.19. The van der Waals surface area contributed by atoms with E-state index in [0.717, 1.165) is 14.8 Å². The summed E-state index contributed by atoms with van der Waals surface area (Å²) in [5.74, 6) is 0.485. The summed E-state index contributed by atoms with van der Waals surface area (Å²) in [5, 5.41) is 14.1. The van der Waals surface area contributed by atoms with Crippen LogP contribution in [0.5, 0.6) is 5.75 Å². The number of nitrogens with one attached hydrogen (secondary N) is 1. The van der Waals surface area contributed by atoms with Gasteiger partial charge < -0.3 is 10.1 Å². The number of nitro groups is 1. The summed E-state index contributed by atoms with van der Waals surface area (Å²) in [6.07, 6.45) is 0. The number of ether oxygens (including phenoxy) is 1. The molecule has 0 heterocycles. The Morgan fingerprint density at radius 2 is 2.05 bits per heavy atom. The summed E-state index contributed by atoms with van der Waals surface area (Å²) in [4.78, 5) is 10.5. The van der Waals surface area contributed by atoms with E-state index in [-0.39, 0.29) is 5.69 Å². The normalized spacial score (nSPS) is 10.1. The molecule has 0 saturated carbocycles. The van der Waals surface area contributed by atoms with Crippen molar-refractivity contribution in [2.24, 2.45) is 0 Å². The molecule has 1 N–H and O–H groups in total. The van der Waals surface area contributed by atoms with Crippen molar-refractivity contribution in [2.45, 2.75) is 6.54 Å². The summed E-state index contributed by atoms with van der Waals surface area (Å²) in [6, 6.07) is 12.6. The second-order valence-electron chi connectivity index (χ2n) is 4.13. The Morgan fingerprint density at radius 1 is 1.30 bits per heavy atom. The van der Waals surface area contributed by atoms with Gasteiger partial charge in [0.2, 0.25) is 0 Å². The van der Waals surface area contributed by atoms with Crippen LogP contribution in [0.25, 0.3) is 0 Å². The van der Waals surface area contributed by atoms with Crippen molar-refractivity contribution < 1.29 is 9.66 Å². The van der Waals surface area contributed by atoms with Gasteiger partial charge in [-0.1, -0.05) is 12.1 Å². The monoisotopic (exact) mass is 384 g/mol. The van der Waals surface area contributed by atoms with Crippen LogP contribution in [0.3, 0.4) is 0 Å². The van der Waals surface area contributed by atoms with E-state index in [1.165, 1.54) is 13.2 Å². The van der Waals surface area contributed by atoms with Gasteiger partial charge in [-0.05, 0) is 46.4 Å². The number of non-ortho nitro benzene ring substituents is 1. The van der Waals surface area contributed by atoms with Gasteiger partial charge in [-0.25, -0.2) is 0 Å². The second kappa shape index (κ2) is 6.56. The Bertz CT molecular complexity index is 632. The van der Waals surface area contributed by atoms with E-state index >= 15 is 0 Å².